The molecule has 0 unspecified atom stereocenters. The Morgan fingerprint density at radius 3 is 1.93 bits per heavy atom. The zero-order valence-electron chi connectivity index (χ0n) is 9.67. The van der Waals surface area contributed by atoms with Crippen molar-refractivity contribution in [2.24, 2.45) is 5.73 Å². The van der Waals surface area contributed by atoms with E-state index in [-0.39, 0.29) is 6.10 Å². The Morgan fingerprint density at radius 2 is 1.43 bits per heavy atom. The molecule has 0 aromatic heterocycles. The van der Waals surface area contributed by atoms with Crippen LogP contribution in [0.25, 0.3) is 0 Å². The Kier molecular flexibility index (Phi) is 10.9. The van der Waals surface area contributed by atoms with Crippen molar-refractivity contribution in [3.8, 4) is 0 Å². The van der Waals surface area contributed by atoms with E-state index in [2.05, 4.69) is 6.92 Å². The zero-order chi connectivity index (χ0) is 10.6. The van der Waals surface area contributed by atoms with Gasteiger partial charge in [-0.3, -0.25) is 0 Å². The molecular formula is C12H27NO. The Labute approximate surface area is 88.9 Å². The summed E-state index contributed by atoms with van der Waals surface area (Å²) in [4.78, 5) is 0. The highest BCUT2D eigenvalue weighted by atomic mass is 16.3. The van der Waals surface area contributed by atoms with Crippen molar-refractivity contribution in [1.29, 1.82) is 0 Å². The predicted molar refractivity (Wildman–Crippen MR) is 62.3 cm³/mol. The van der Waals surface area contributed by atoms with Crippen LogP contribution in [-0.4, -0.2) is 17.8 Å². The fourth-order valence-corrected chi connectivity index (χ4v) is 1.63. The molecule has 0 spiro atoms. The number of aliphatic hydroxyl groups excluding tert-OH is 1. The van der Waals surface area contributed by atoms with Gasteiger partial charge in [0.2, 0.25) is 0 Å². The van der Waals surface area contributed by atoms with Crippen molar-refractivity contribution < 1.29 is 5.11 Å². The zero-order valence-corrected chi connectivity index (χ0v) is 9.67. The van der Waals surface area contributed by atoms with E-state index in [1.165, 1.54) is 44.9 Å². The van der Waals surface area contributed by atoms with Gasteiger partial charge in [0.1, 0.15) is 0 Å². The number of unbranched alkanes of at least 4 members (excludes halogenated alkanes) is 7. The Balaban J connectivity index is 2.92. The fourth-order valence-electron chi connectivity index (χ4n) is 1.63. The molecule has 0 saturated heterocycles. The normalized spacial score (nSPS) is 13.1. The summed E-state index contributed by atoms with van der Waals surface area (Å²) in [5.41, 5.74) is 5.32. The van der Waals surface area contributed by atoms with Crippen molar-refractivity contribution in [2.45, 2.75) is 70.8 Å². The molecule has 0 amide bonds. The van der Waals surface area contributed by atoms with E-state index in [1.807, 2.05) is 0 Å². The first-order valence-electron chi connectivity index (χ1n) is 6.19. The van der Waals surface area contributed by atoms with E-state index in [9.17, 15) is 5.11 Å². The molecule has 0 bridgehead atoms. The van der Waals surface area contributed by atoms with Crippen molar-refractivity contribution in [1.82, 2.24) is 0 Å². The molecule has 0 fully saturated rings. The molecule has 2 nitrogen and oxygen atoms in total. The SMILES string of the molecule is CCCCCCCCCC[C@H](O)CN. The van der Waals surface area contributed by atoms with Gasteiger partial charge in [-0.25, -0.2) is 0 Å². The molecular weight excluding hydrogens is 174 g/mol. The van der Waals surface area contributed by atoms with Gasteiger partial charge in [0.15, 0.2) is 0 Å². The highest BCUT2D eigenvalue weighted by Crippen LogP contribution is 2.10. The molecule has 86 valence electrons. The summed E-state index contributed by atoms with van der Waals surface area (Å²) >= 11 is 0. The average Bonchev–Trinajstić information content (AvgIpc) is 2.21. The quantitative estimate of drug-likeness (QED) is 0.534. The number of nitrogens with two attached hydrogens (primary N) is 1. The molecule has 0 radical (unpaired) electrons. The first kappa shape index (κ1) is 13.9. The second kappa shape index (κ2) is 11.0. The summed E-state index contributed by atoms with van der Waals surface area (Å²) in [6.45, 7) is 2.66. The van der Waals surface area contributed by atoms with Crippen molar-refractivity contribution >= 4 is 0 Å². The van der Waals surface area contributed by atoms with Gasteiger partial charge in [-0.2, -0.15) is 0 Å². The first-order chi connectivity index (χ1) is 6.81. The molecule has 0 rings (SSSR count). The van der Waals surface area contributed by atoms with E-state index < -0.39 is 0 Å². The van der Waals surface area contributed by atoms with Crippen LogP contribution in [0.2, 0.25) is 0 Å². The number of aliphatic hydroxyl groups is 1. The first-order valence-corrected chi connectivity index (χ1v) is 6.19. The van der Waals surface area contributed by atoms with Crippen LogP contribution < -0.4 is 5.73 Å². The Bertz CT molecular complexity index is 106. The van der Waals surface area contributed by atoms with E-state index >= 15 is 0 Å². The Morgan fingerprint density at radius 1 is 0.929 bits per heavy atom. The van der Waals surface area contributed by atoms with Gasteiger partial charge in [-0.05, 0) is 6.42 Å². The number of rotatable bonds is 10. The van der Waals surface area contributed by atoms with Crippen LogP contribution in [-0.2, 0) is 0 Å². The second-order valence-corrected chi connectivity index (χ2v) is 4.15. The van der Waals surface area contributed by atoms with E-state index in [4.69, 9.17) is 5.73 Å². The topological polar surface area (TPSA) is 46.2 Å². The van der Waals surface area contributed by atoms with Crippen molar-refractivity contribution in [2.75, 3.05) is 6.54 Å². The molecule has 0 aliphatic heterocycles. The molecule has 0 heterocycles. The summed E-state index contributed by atoms with van der Waals surface area (Å²) in [5.74, 6) is 0. The third-order valence-electron chi connectivity index (χ3n) is 2.66. The number of hydrogen-bond donors (Lipinski definition) is 2. The molecule has 0 aliphatic rings. The van der Waals surface area contributed by atoms with Gasteiger partial charge in [-0.1, -0.05) is 58.3 Å². The average molecular weight is 201 g/mol. The lowest BCUT2D eigenvalue weighted by Gasteiger charge is -2.06. The van der Waals surface area contributed by atoms with Crippen LogP contribution in [0.4, 0.5) is 0 Å². The van der Waals surface area contributed by atoms with E-state index in [0.717, 1.165) is 12.8 Å². The van der Waals surface area contributed by atoms with Crippen LogP contribution >= 0.6 is 0 Å². The fraction of sp³-hybridized carbons (Fsp3) is 1.00. The standard InChI is InChI=1S/C12H27NO/c1-2-3-4-5-6-7-8-9-10-12(14)11-13/h12,14H,2-11,13H2,1H3/t12-/m0/s1. The minimum absolute atomic E-state index is 0.268. The summed E-state index contributed by atoms with van der Waals surface area (Å²) in [7, 11) is 0. The molecule has 0 aromatic carbocycles. The third-order valence-corrected chi connectivity index (χ3v) is 2.66. The minimum atomic E-state index is -0.268. The van der Waals surface area contributed by atoms with Crippen molar-refractivity contribution in [3.63, 3.8) is 0 Å². The van der Waals surface area contributed by atoms with Gasteiger partial charge in [0, 0.05) is 6.54 Å². The predicted octanol–water partition coefficient (Wildman–Crippen LogP) is 2.84. The highest BCUT2D eigenvalue weighted by molar-refractivity contribution is 4.55. The maximum Gasteiger partial charge on any atom is 0.0662 e. The molecule has 14 heavy (non-hydrogen) atoms. The minimum Gasteiger partial charge on any atom is -0.392 e. The van der Waals surface area contributed by atoms with Gasteiger partial charge in [0.05, 0.1) is 6.10 Å². The van der Waals surface area contributed by atoms with Crippen LogP contribution in [0.1, 0.15) is 64.7 Å². The second-order valence-electron chi connectivity index (χ2n) is 4.15. The van der Waals surface area contributed by atoms with Crippen LogP contribution in [0.5, 0.6) is 0 Å². The molecule has 3 N–H and O–H groups in total. The summed E-state index contributed by atoms with van der Waals surface area (Å²) < 4.78 is 0. The van der Waals surface area contributed by atoms with Crippen LogP contribution in [0.3, 0.4) is 0 Å². The molecule has 0 saturated carbocycles. The van der Waals surface area contributed by atoms with Gasteiger partial charge >= 0.3 is 0 Å². The smallest absolute Gasteiger partial charge is 0.0662 e. The Hall–Kier alpha value is -0.0800. The van der Waals surface area contributed by atoms with E-state index in [1.54, 1.807) is 0 Å². The maximum atomic E-state index is 9.21. The molecule has 1 atom stereocenters. The summed E-state index contributed by atoms with van der Waals surface area (Å²) in [6.07, 6.45) is 11.2. The van der Waals surface area contributed by atoms with Crippen LogP contribution in [0.15, 0.2) is 0 Å². The summed E-state index contributed by atoms with van der Waals surface area (Å²) in [6, 6.07) is 0. The highest BCUT2D eigenvalue weighted by Gasteiger charge is 1.99. The molecule has 0 aliphatic carbocycles. The maximum absolute atomic E-state index is 9.21. The van der Waals surface area contributed by atoms with Crippen molar-refractivity contribution in [3.05, 3.63) is 0 Å². The molecule has 2 heteroatoms. The van der Waals surface area contributed by atoms with Gasteiger partial charge in [0.25, 0.3) is 0 Å². The van der Waals surface area contributed by atoms with Gasteiger partial charge in [-0.15, -0.1) is 0 Å². The van der Waals surface area contributed by atoms with Crippen LogP contribution in [0, 0.1) is 0 Å². The van der Waals surface area contributed by atoms with E-state index in [0.29, 0.717) is 6.54 Å². The molecule has 0 aromatic rings. The lowest BCUT2D eigenvalue weighted by atomic mass is 10.1. The summed E-state index contributed by atoms with van der Waals surface area (Å²) in [5, 5.41) is 9.21. The lowest BCUT2D eigenvalue weighted by Crippen LogP contribution is -2.19. The largest absolute Gasteiger partial charge is 0.392 e. The third kappa shape index (κ3) is 10.0. The van der Waals surface area contributed by atoms with Gasteiger partial charge < -0.3 is 10.8 Å². The number of hydrogen-bond acceptors (Lipinski definition) is 2. The lowest BCUT2D eigenvalue weighted by molar-refractivity contribution is 0.168. The monoisotopic (exact) mass is 201 g/mol.